The molecule has 1 heterocycles. The molecule has 0 aliphatic carbocycles. The maximum absolute atomic E-state index is 13.1. The van der Waals surface area contributed by atoms with E-state index in [9.17, 15) is 9.59 Å². The first-order valence-corrected chi connectivity index (χ1v) is 10.5. The SMILES string of the molecule is CCCN1CCN(CCC(N)=O)CC(Cc2ccc(-c3ccccc3)cc2)C1=O. The van der Waals surface area contributed by atoms with Crippen LogP contribution >= 0.6 is 0 Å². The molecule has 5 nitrogen and oxygen atoms in total. The second-order valence-electron chi connectivity index (χ2n) is 7.81. The van der Waals surface area contributed by atoms with Crippen LogP contribution < -0.4 is 5.73 Å². The number of hydrogen-bond donors (Lipinski definition) is 1. The molecule has 1 atom stereocenters. The maximum atomic E-state index is 13.1. The highest BCUT2D eigenvalue weighted by Gasteiger charge is 2.30. The van der Waals surface area contributed by atoms with Gasteiger partial charge in [0.1, 0.15) is 0 Å². The quantitative estimate of drug-likeness (QED) is 0.750. The third-order valence-corrected chi connectivity index (χ3v) is 5.54. The molecule has 3 rings (SSSR count). The molecule has 1 aliphatic heterocycles. The van der Waals surface area contributed by atoms with Gasteiger partial charge in [0.05, 0.1) is 5.92 Å². The van der Waals surface area contributed by atoms with Crippen LogP contribution in [0.15, 0.2) is 54.6 Å². The number of benzene rings is 2. The summed E-state index contributed by atoms with van der Waals surface area (Å²) in [5.74, 6) is -0.167. The molecule has 29 heavy (non-hydrogen) atoms. The molecular weight excluding hydrogens is 362 g/mol. The lowest BCUT2D eigenvalue weighted by molar-refractivity contribution is -0.134. The summed E-state index contributed by atoms with van der Waals surface area (Å²) in [4.78, 5) is 28.5. The van der Waals surface area contributed by atoms with Gasteiger partial charge in [-0.1, -0.05) is 61.5 Å². The van der Waals surface area contributed by atoms with Gasteiger partial charge in [-0.05, 0) is 29.5 Å². The molecule has 2 N–H and O–H groups in total. The molecule has 0 bridgehead atoms. The highest BCUT2D eigenvalue weighted by atomic mass is 16.2. The average Bonchev–Trinajstić information content (AvgIpc) is 2.88. The zero-order valence-corrected chi connectivity index (χ0v) is 17.2. The van der Waals surface area contributed by atoms with Crippen LogP contribution in [0.4, 0.5) is 0 Å². The van der Waals surface area contributed by atoms with Crippen molar-refractivity contribution in [3.05, 3.63) is 60.2 Å². The van der Waals surface area contributed by atoms with Gasteiger partial charge in [-0.15, -0.1) is 0 Å². The third kappa shape index (κ3) is 5.91. The predicted octanol–water partition coefficient (Wildman–Crippen LogP) is 2.94. The minimum absolute atomic E-state index is 0.0977. The van der Waals surface area contributed by atoms with E-state index in [2.05, 4.69) is 48.2 Å². The Balaban J connectivity index is 1.72. The van der Waals surface area contributed by atoms with Crippen molar-refractivity contribution in [2.24, 2.45) is 11.7 Å². The van der Waals surface area contributed by atoms with Crippen molar-refractivity contribution in [3.8, 4) is 11.1 Å². The van der Waals surface area contributed by atoms with E-state index >= 15 is 0 Å². The Morgan fingerprint density at radius 1 is 1.00 bits per heavy atom. The summed E-state index contributed by atoms with van der Waals surface area (Å²) < 4.78 is 0. The lowest BCUT2D eigenvalue weighted by Gasteiger charge is -2.24. The van der Waals surface area contributed by atoms with E-state index in [4.69, 9.17) is 5.73 Å². The van der Waals surface area contributed by atoms with E-state index in [1.807, 2.05) is 23.1 Å². The second kappa shape index (κ2) is 10.2. The summed E-state index contributed by atoms with van der Waals surface area (Å²) in [5, 5.41) is 0. The molecule has 154 valence electrons. The van der Waals surface area contributed by atoms with Gasteiger partial charge in [0.15, 0.2) is 0 Å². The van der Waals surface area contributed by atoms with Gasteiger partial charge in [0.25, 0.3) is 0 Å². The predicted molar refractivity (Wildman–Crippen MR) is 116 cm³/mol. The van der Waals surface area contributed by atoms with E-state index in [0.29, 0.717) is 25.9 Å². The van der Waals surface area contributed by atoms with Crippen molar-refractivity contribution >= 4 is 11.8 Å². The number of carbonyl (C=O) groups excluding carboxylic acids is 2. The van der Waals surface area contributed by atoms with Crippen LogP contribution in [-0.2, 0) is 16.0 Å². The van der Waals surface area contributed by atoms with Crippen LogP contribution in [0, 0.1) is 5.92 Å². The summed E-state index contributed by atoms with van der Waals surface area (Å²) in [6.45, 7) is 5.68. The Labute approximate surface area is 173 Å². The van der Waals surface area contributed by atoms with E-state index in [1.165, 1.54) is 11.1 Å². The molecule has 0 saturated carbocycles. The Kier molecular flexibility index (Phi) is 7.42. The molecule has 2 aromatic carbocycles. The topological polar surface area (TPSA) is 66.6 Å². The molecule has 2 amide bonds. The Morgan fingerprint density at radius 3 is 2.34 bits per heavy atom. The molecule has 1 fully saturated rings. The van der Waals surface area contributed by atoms with E-state index in [-0.39, 0.29) is 17.7 Å². The van der Waals surface area contributed by atoms with Crippen molar-refractivity contribution in [3.63, 3.8) is 0 Å². The van der Waals surface area contributed by atoms with Crippen LogP contribution in [-0.4, -0.2) is 54.3 Å². The summed E-state index contributed by atoms with van der Waals surface area (Å²) in [6, 6.07) is 18.8. The number of nitrogens with zero attached hydrogens (tertiary/aromatic N) is 2. The average molecular weight is 394 g/mol. The standard InChI is InChI=1S/C24H31N3O2/c1-2-13-27-16-15-26(14-12-23(25)28)18-22(24(27)29)17-19-8-10-21(11-9-19)20-6-4-3-5-7-20/h3-11,22H,2,12-18H2,1H3,(H2,25,28). The van der Waals surface area contributed by atoms with Crippen molar-refractivity contribution in [2.45, 2.75) is 26.2 Å². The van der Waals surface area contributed by atoms with Crippen LogP contribution in [0.5, 0.6) is 0 Å². The van der Waals surface area contributed by atoms with Crippen LogP contribution in [0.1, 0.15) is 25.3 Å². The van der Waals surface area contributed by atoms with Gasteiger partial charge in [-0.2, -0.15) is 0 Å². The highest BCUT2D eigenvalue weighted by Crippen LogP contribution is 2.22. The normalized spacial score (nSPS) is 17.9. The molecule has 1 unspecified atom stereocenters. The summed E-state index contributed by atoms with van der Waals surface area (Å²) >= 11 is 0. The highest BCUT2D eigenvalue weighted by molar-refractivity contribution is 5.80. The van der Waals surface area contributed by atoms with Gasteiger partial charge >= 0.3 is 0 Å². The fourth-order valence-electron chi connectivity index (χ4n) is 3.98. The molecule has 1 aliphatic rings. The summed E-state index contributed by atoms with van der Waals surface area (Å²) in [6.07, 6.45) is 1.99. The van der Waals surface area contributed by atoms with Crippen molar-refractivity contribution in [1.82, 2.24) is 9.80 Å². The Bertz CT molecular complexity index is 805. The van der Waals surface area contributed by atoms with E-state index in [1.54, 1.807) is 0 Å². The first-order valence-electron chi connectivity index (χ1n) is 10.5. The molecular formula is C24H31N3O2. The maximum Gasteiger partial charge on any atom is 0.227 e. The molecule has 1 saturated heterocycles. The molecule has 0 spiro atoms. The summed E-state index contributed by atoms with van der Waals surface area (Å²) in [5.41, 5.74) is 8.86. The first-order chi connectivity index (χ1) is 14.1. The smallest absolute Gasteiger partial charge is 0.227 e. The summed E-state index contributed by atoms with van der Waals surface area (Å²) in [7, 11) is 0. The van der Waals surface area contributed by atoms with Crippen LogP contribution in [0.3, 0.4) is 0 Å². The molecule has 2 aromatic rings. The fraction of sp³-hybridized carbons (Fsp3) is 0.417. The zero-order valence-electron chi connectivity index (χ0n) is 17.2. The lowest BCUT2D eigenvalue weighted by atomic mass is 9.95. The lowest BCUT2D eigenvalue weighted by Crippen LogP contribution is -2.37. The molecule has 5 heteroatoms. The fourth-order valence-corrected chi connectivity index (χ4v) is 3.98. The largest absolute Gasteiger partial charge is 0.370 e. The third-order valence-electron chi connectivity index (χ3n) is 5.54. The Hall–Kier alpha value is -2.66. The van der Waals surface area contributed by atoms with Crippen LogP contribution in [0.25, 0.3) is 11.1 Å². The Morgan fingerprint density at radius 2 is 1.69 bits per heavy atom. The number of primary amides is 1. The second-order valence-corrected chi connectivity index (χ2v) is 7.81. The van der Waals surface area contributed by atoms with Gasteiger partial charge < -0.3 is 15.5 Å². The van der Waals surface area contributed by atoms with Crippen molar-refractivity contribution in [2.75, 3.05) is 32.7 Å². The number of hydrogen-bond acceptors (Lipinski definition) is 3. The molecule has 0 aromatic heterocycles. The number of carbonyl (C=O) groups is 2. The van der Waals surface area contributed by atoms with Crippen molar-refractivity contribution < 1.29 is 9.59 Å². The van der Waals surface area contributed by atoms with E-state index < -0.39 is 0 Å². The van der Waals surface area contributed by atoms with Gasteiger partial charge in [-0.3, -0.25) is 9.59 Å². The number of amides is 2. The number of rotatable bonds is 8. The van der Waals surface area contributed by atoms with Gasteiger partial charge in [0, 0.05) is 39.1 Å². The van der Waals surface area contributed by atoms with Gasteiger partial charge in [0.2, 0.25) is 11.8 Å². The van der Waals surface area contributed by atoms with Crippen molar-refractivity contribution in [1.29, 1.82) is 0 Å². The van der Waals surface area contributed by atoms with Crippen LogP contribution in [0.2, 0.25) is 0 Å². The first kappa shape index (κ1) is 21.1. The van der Waals surface area contributed by atoms with E-state index in [0.717, 1.165) is 31.6 Å². The zero-order chi connectivity index (χ0) is 20.6. The number of nitrogens with two attached hydrogens (primary N) is 1. The monoisotopic (exact) mass is 393 g/mol. The minimum atomic E-state index is -0.293. The molecule has 0 radical (unpaired) electrons. The minimum Gasteiger partial charge on any atom is -0.370 e. The van der Waals surface area contributed by atoms with Gasteiger partial charge in [-0.25, -0.2) is 0 Å².